The number of Topliss-reactive ketones (excluding diaryl/α,β-unsaturated/α-hetero) is 1. The van der Waals surface area contributed by atoms with Crippen molar-refractivity contribution < 1.29 is 4.79 Å². The molecule has 0 saturated heterocycles. The van der Waals surface area contributed by atoms with Gasteiger partial charge in [-0.05, 0) is 51.0 Å². The molecule has 0 fully saturated rings. The molecule has 1 rings (SSSR count). The molecule has 0 amide bonds. The van der Waals surface area contributed by atoms with E-state index in [0.717, 1.165) is 31.3 Å². The van der Waals surface area contributed by atoms with Crippen LogP contribution >= 0.6 is 0 Å². The quantitative estimate of drug-likeness (QED) is 0.476. The minimum atomic E-state index is 0.232. The Morgan fingerprint density at radius 2 is 2.06 bits per heavy atom. The Hall–Kier alpha value is -1.11. The molecular formula is C15H22O. The van der Waals surface area contributed by atoms with Crippen LogP contribution in [0.25, 0.3) is 0 Å². The zero-order valence-electron chi connectivity index (χ0n) is 10.5. The Kier molecular flexibility index (Phi) is 4.72. The third-order valence-corrected chi connectivity index (χ3v) is 3.38. The molecule has 0 aromatic carbocycles. The summed E-state index contributed by atoms with van der Waals surface area (Å²) in [7, 11) is 0. The predicted octanol–water partition coefficient (Wildman–Crippen LogP) is 4.21. The van der Waals surface area contributed by atoms with Crippen molar-refractivity contribution in [2.75, 3.05) is 0 Å². The molecule has 0 spiro atoms. The third kappa shape index (κ3) is 3.80. The first-order valence-corrected chi connectivity index (χ1v) is 6.02. The Labute approximate surface area is 98.9 Å². The number of rotatable bonds is 1. The number of ketones is 1. The maximum absolute atomic E-state index is 11.7. The molecule has 0 aromatic rings. The zero-order valence-corrected chi connectivity index (χ0v) is 10.5. The van der Waals surface area contributed by atoms with Crippen LogP contribution in [0.15, 0.2) is 36.0 Å². The highest BCUT2D eigenvalue weighted by Gasteiger charge is 2.14. The summed E-state index contributed by atoms with van der Waals surface area (Å²) in [5.41, 5.74) is 3.32. The minimum absolute atomic E-state index is 0.232. The van der Waals surface area contributed by atoms with E-state index in [-0.39, 0.29) is 5.78 Å². The Morgan fingerprint density at radius 1 is 1.38 bits per heavy atom. The van der Waals surface area contributed by atoms with Crippen LogP contribution in [-0.2, 0) is 4.79 Å². The normalized spacial score (nSPS) is 27.1. The van der Waals surface area contributed by atoms with E-state index in [1.807, 2.05) is 0 Å². The van der Waals surface area contributed by atoms with Gasteiger partial charge in [0.15, 0.2) is 5.78 Å². The van der Waals surface area contributed by atoms with Gasteiger partial charge >= 0.3 is 0 Å². The molecule has 0 saturated carbocycles. The Balaban J connectivity index is 2.78. The molecule has 1 atom stereocenters. The van der Waals surface area contributed by atoms with E-state index in [2.05, 4.69) is 33.1 Å². The average molecular weight is 218 g/mol. The largest absolute Gasteiger partial charge is 0.295 e. The lowest BCUT2D eigenvalue weighted by Crippen LogP contribution is -2.08. The van der Waals surface area contributed by atoms with Crippen molar-refractivity contribution in [3.63, 3.8) is 0 Å². The monoisotopic (exact) mass is 218 g/mol. The van der Waals surface area contributed by atoms with Crippen LogP contribution in [0.1, 0.15) is 46.0 Å². The van der Waals surface area contributed by atoms with Crippen LogP contribution in [0.5, 0.6) is 0 Å². The van der Waals surface area contributed by atoms with E-state index in [4.69, 9.17) is 0 Å². The molecule has 0 N–H and O–H groups in total. The fraction of sp³-hybridized carbons (Fsp3) is 0.533. The average Bonchev–Trinajstić information content (AvgIpc) is 2.23. The molecule has 16 heavy (non-hydrogen) atoms. The van der Waals surface area contributed by atoms with E-state index >= 15 is 0 Å². The number of carbonyl (C=O) groups excluding carboxylic acids is 1. The topological polar surface area (TPSA) is 17.1 Å². The lowest BCUT2D eigenvalue weighted by atomic mass is 9.87. The van der Waals surface area contributed by atoms with Gasteiger partial charge in [-0.25, -0.2) is 0 Å². The first-order valence-electron chi connectivity index (χ1n) is 6.02. The summed E-state index contributed by atoms with van der Waals surface area (Å²) in [5, 5.41) is 0. The number of hydrogen-bond donors (Lipinski definition) is 0. The first-order chi connectivity index (χ1) is 7.50. The summed E-state index contributed by atoms with van der Waals surface area (Å²) in [5.74, 6) is 0.729. The van der Waals surface area contributed by atoms with Crippen molar-refractivity contribution in [3.8, 4) is 0 Å². The van der Waals surface area contributed by atoms with Crippen molar-refractivity contribution in [3.05, 3.63) is 36.0 Å². The van der Waals surface area contributed by atoms with E-state index in [1.165, 1.54) is 11.1 Å². The number of hydrogen-bond acceptors (Lipinski definition) is 1. The van der Waals surface area contributed by atoms with Crippen molar-refractivity contribution in [1.82, 2.24) is 0 Å². The molecular weight excluding hydrogens is 196 g/mol. The van der Waals surface area contributed by atoms with Crippen molar-refractivity contribution in [2.24, 2.45) is 5.92 Å². The van der Waals surface area contributed by atoms with E-state index in [1.54, 1.807) is 0 Å². The highest BCUT2D eigenvalue weighted by atomic mass is 16.1. The summed E-state index contributed by atoms with van der Waals surface area (Å²) in [6, 6.07) is 0. The smallest absolute Gasteiger partial charge is 0.158 e. The highest BCUT2D eigenvalue weighted by molar-refractivity contribution is 5.94. The van der Waals surface area contributed by atoms with E-state index < -0.39 is 0 Å². The van der Waals surface area contributed by atoms with Crippen LogP contribution in [0.2, 0.25) is 0 Å². The van der Waals surface area contributed by atoms with Gasteiger partial charge in [-0.3, -0.25) is 4.79 Å². The van der Waals surface area contributed by atoms with Crippen molar-refractivity contribution >= 4 is 5.78 Å². The first kappa shape index (κ1) is 13.0. The molecule has 1 aliphatic rings. The van der Waals surface area contributed by atoms with Gasteiger partial charge in [-0.2, -0.15) is 0 Å². The second-order valence-corrected chi connectivity index (χ2v) is 4.89. The van der Waals surface area contributed by atoms with Gasteiger partial charge in [0.2, 0.25) is 0 Å². The summed E-state index contributed by atoms with van der Waals surface area (Å²) in [6.45, 7) is 12.1. The van der Waals surface area contributed by atoms with E-state index in [9.17, 15) is 4.79 Å². The summed E-state index contributed by atoms with van der Waals surface area (Å²) in [6.07, 6.45) is 6.65. The standard InChI is InChI=1S/C15H22O/c1-11(2)14-8-5-12(3)6-10-15(16)13(4)7-9-14/h5,14H,1,4,6-10H2,2-3H3/b12-5+/t14-/m1/s1. The summed E-state index contributed by atoms with van der Waals surface area (Å²) < 4.78 is 0. The van der Waals surface area contributed by atoms with Gasteiger partial charge in [0, 0.05) is 6.42 Å². The van der Waals surface area contributed by atoms with Crippen LogP contribution in [0.3, 0.4) is 0 Å². The third-order valence-electron chi connectivity index (χ3n) is 3.38. The fourth-order valence-corrected chi connectivity index (χ4v) is 1.99. The lowest BCUT2D eigenvalue weighted by Gasteiger charge is -2.17. The van der Waals surface area contributed by atoms with Crippen molar-refractivity contribution in [1.29, 1.82) is 0 Å². The lowest BCUT2D eigenvalue weighted by molar-refractivity contribution is -0.115. The van der Waals surface area contributed by atoms with Gasteiger partial charge in [0.1, 0.15) is 0 Å². The zero-order chi connectivity index (χ0) is 12.1. The minimum Gasteiger partial charge on any atom is -0.295 e. The van der Waals surface area contributed by atoms with Crippen LogP contribution in [-0.4, -0.2) is 5.78 Å². The van der Waals surface area contributed by atoms with Gasteiger partial charge in [0.05, 0.1) is 0 Å². The molecule has 0 aromatic heterocycles. The van der Waals surface area contributed by atoms with Gasteiger partial charge < -0.3 is 0 Å². The molecule has 1 heteroatoms. The van der Waals surface area contributed by atoms with Gasteiger partial charge in [-0.15, -0.1) is 0 Å². The van der Waals surface area contributed by atoms with Crippen LogP contribution in [0, 0.1) is 5.92 Å². The Morgan fingerprint density at radius 3 is 2.69 bits per heavy atom. The van der Waals surface area contributed by atoms with Crippen molar-refractivity contribution in [2.45, 2.75) is 46.0 Å². The molecule has 0 radical (unpaired) electrons. The molecule has 1 nitrogen and oxygen atoms in total. The van der Waals surface area contributed by atoms with E-state index in [0.29, 0.717) is 12.3 Å². The van der Waals surface area contributed by atoms with Gasteiger partial charge in [-0.1, -0.05) is 30.4 Å². The number of carbonyl (C=O) groups is 1. The highest BCUT2D eigenvalue weighted by Crippen LogP contribution is 2.25. The van der Waals surface area contributed by atoms with Crippen LogP contribution in [0.4, 0.5) is 0 Å². The molecule has 1 aliphatic carbocycles. The SMILES string of the molecule is C=C1CC[C@H](C(=C)C)C/C=C(\C)CCC1=O. The Bertz CT molecular complexity index is 333. The molecule has 0 bridgehead atoms. The molecule has 0 unspecified atom stereocenters. The van der Waals surface area contributed by atoms with Crippen LogP contribution < -0.4 is 0 Å². The summed E-state index contributed by atoms with van der Waals surface area (Å²) >= 11 is 0. The summed E-state index contributed by atoms with van der Waals surface area (Å²) in [4.78, 5) is 11.7. The number of allylic oxidation sites excluding steroid dienone is 4. The predicted molar refractivity (Wildman–Crippen MR) is 69.3 cm³/mol. The fourth-order valence-electron chi connectivity index (χ4n) is 1.99. The molecule has 0 aliphatic heterocycles. The molecule has 0 heterocycles. The maximum Gasteiger partial charge on any atom is 0.158 e. The van der Waals surface area contributed by atoms with Gasteiger partial charge in [0.25, 0.3) is 0 Å². The maximum atomic E-state index is 11.7. The second-order valence-electron chi connectivity index (χ2n) is 4.89. The second kappa shape index (κ2) is 5.83. The molecule has 88 valence electrons.